The molecule has 0 aliphatic heterocycles. The van der Waals surface area contributed by atoms with E-state index in [1.165, 1.54) is 0 Å². The van der Waals surface area contributed by atoms with E-state index in [1.54, 1.807) is 0 Å². The van der Waals surface area contributed by atoms with Crippen molar-refractivity contribution in [1.29, 1.82) is 0 Å². The minimum absolute atomic E-state index is 0.110. The van der Waals surface area contributed by atoms with E-state index in [2.05, 4.69) is 36.7 Å². The number of amides is 2. The maximum Gasteiger partial charge on any atom is 0.242 e. The predicted octanol–water partition coefficient (Wildman–Crippen LogP) is 2.91. The van der Waals surface area contributed by atoms with Crippen molar-refractivity contribution in [2.24, 2.45) is 5.73 Å². The second kappa shape index (κ2) is 15.9. The van der Waals surface area contributed by atoms with E-state index in [1.807, 2.05) is 30.3 Å². The lowest BCUT2D eigenvalue weighted by atomic mass is 10.0. The molecule has 0 aliphatic rings. The van der Waals surface area contributed by atoms with Crippen LogP contribution in [0.4, 0.5) is 0 Å². The summed E-state index contributed by atoms with van der Waals surface area (Å²) < 4.78 is 0. The number of nitrogens with two attached hydrogens (primary N) is 1. The van der Waals surface area contributed by atoms with Gasteiger partial charge in [-0.15, -0.1) is 0 Å². The SMILES string of the molecule is CCCCNC(=O)C(Cc1ccccc1)NC(=O)C(CCCCN)NC(C)CCC. The fourth-order valence-corrected chi connectivity index (χ4v) is 3.49. The van der Waals surface area contributed by atoms with Gasteiger partial charge in [0, 0.05) is 19.0 Å². The Labute approximate surface area is 182 Å². The first-order valence-electron chi connectivity index (χ1n) is 11.6. The van der Waals surface area contributed by atoms with Gasteiger partial charge in [-0.2, -0.15) is 0 Å². The van der Waals surface area contributed by atoms with Crippen LogP contribution in [-0.4, -0.2) is 43.0 Å². The van der Waals surface area contributed by atoms with Crippen molar-refractivity contribution in [2.45, 2.75) is 90.3 Å². The monoisotopic (exact) mass is 418 g/mol. The molecule has 30 heavy (non-hydrogen) atoms. The molecule has 3 atom stereocenters. The Morgan fingerprint density at radius 1 is 0.933 bits per heavy atom. The largest absolute Gasteiger partial charge is 0.354 e. The number of benzene rings is 1. The second-order valence-corrected chi connectivity index (χ2v) is 8.09. The number of nitrogens with one attached hydrogen (secondary N) is 3. The van der Waals surface area contributed by atoms with Gasteiger partial charge in [-0.3, -0.25) is 9.59 Å². The summed E-state index contributed by atoms with van der Waals surface area (Å²) in [7, 11) is 0. The first-order valence-corrected chi connectivity index (χ1v) is 11.6. The molecule has 3 unspecified atom stereocenters. The van der Waals surface area contributed by atoms with Crippen molar-refractivity contribution in [3.8, 4) is 0 Å². The zero-order valence-corrected chi connectivity index (χ0v) is 19.1. The topological polar surface area (TPSA) is 96.2 Å². The van der Waals surface area contributed by atoms with Crippen LogP contribution in [0.1, 0.15) is 71.3 Å². The molecule has 0 fully saturated rings. The van der Waals surface area contributed by atoms with E-state index in [9.17, 15) is 9.59 Å². The molecular formula is C24H42N4O2. The number of unbranched alkanes of at least 4 members (excludes halogenated alkanes) is 2. The molecule has 0 saturated carbocycles. The Morgan fingerprint density at radius 2 is 1.67 bits per heavy atom. The number of carbonyl (C=O) groups is 2. The summed E-state index contributed by atoms with van der Waals surface area (Å²) in [5.74, 6) is -0.232. The van der Waals surface area contributed by atoms with Crippen molar-refractivity contribution in [3.05, 3.63) is 35.9 Å². The fraction of sp³-hybridized carbons (Fsp3) is 0.667. The molecule has 0 saturated heterocycles. The van der Waals surface area contributed by atoms with Gasteiger partial charge in [-0.1, -0.05) is 63.4 Å². The quantitative estimate of drug-likeness (QED) is 0.310. The molecule has 0 aromatic heterocycles. The Kier molecular flexibility index (Phi) is 13.8. The van der Waals surface area contributed by atoms with Crippen LogP contribution in [0.5, 0.6) is 0 Å². The fourth-order valence-electron chi connectivity index (χ4n) is 3.49. The molecule has 0 bridgehead atoms. The number of hydrogen-bond acceptors (Lipinski definition) is 4. The van der Waals surface area contributed by atoms with Gasteiger partial charge in [0.2, 0.25) is 11.8 Å². The first kappa shape index (κ1) is 26.1. The first-order chi connectivity index (χ1) is 14.5. The average Bonchev–Trinajstić information content (AvgIpc) is 2.73. The molecule has 6 heteroatoms. The minimum atomic E-state index is -0.586. The summed E-state index contributed by atoms with van der Waals surface area (Å²) >= 11 is 0. The summed E-state index contributed by atoms with van der Waals surface area (Å²) in [4.78, 5) is 25.9. The van der Waals surface area contributed by atoms with Gasteiger partial charge in [0.15, 0.2) is 0 Å². The highest BCUT2D eigenvalue weighted by molar-refractivity contribution is 5.90. The van der Waals surface area contributed by atoms with Crippen LogP contribution in [0.3, 0.4) is 0 Å². The van der Waals surface area contributed by atoms with Crippen molar-refractivity contribution >= 4 is 11.8 Å². The molecular weight excluding hydrogens is 376 g/mol. The summed E-state index contributed by atoms with van der Waals surface area (Å²) in [6.07, 6.45) is 6.96. The molecule has 0 heterocycles. The maximum absolute atomic E-state index is 13.1. The Balaban J connectivity index is 2.85. The minimum Gasteiger partial charge on any atom is -0.354 e. The molecule has 6 nitrogen and oxygen atoms in total. The maximum atomic E-state index is 13.1. The van der Waals surface area contributed by atoms with Crippen LogP contribution in [0.15, 0.2) is 30.3 Å². The average molecular weight is 419 g/mol. The molecule has 5 N–H and O–H groups in total. The molecule has 2 amide bonds. The zero-order valence-electron chi connectivity index (χ0n) is 19.1. The Morgan fingerprint density at radius 3 is 2.30 bits per heavy atom. The summed E-state index contributed by atoms with van der Waals surface area (Å²) in [5.41, 5.74) is 6.66. The standard InChI is InChI=1S/C24H42N4O2/c1-4-6-17-26-23(29)22(18-20-13-8-7-9-14-20)28-24(30)21(15-10-11-16-25)27-19(3)12-5-2/h7-9,13-14,19,21-22,27H,4-6,10-12,15-18,25H2,1-3H3,(H,26,29)(H,28,30). The Bertz CT molecular complexity index is 594. The van der Waals surface area contributed by atoms with Gasteiger partial charge in [0.25, 0.3) is 0 Å². The highest BCUT2D eigenvalue weighted by atomic mass is 16.2. The number of carbonyl (C=O) groups excluding carboxylic acids is 2. The molecule has 0 aliphatic carbocycles. The second-order valence-electron chi connectivity index (χ2n) is 8.09. The van der Waals surface area contributed by atoms with Crippen molar-refractivity contribution in [1.82, 2.24) is 16.0 Å². The molecule has 170 valence electrons. The van der Waals surface area contributed by atoms with Gasteiger partial charge in [-0.25, -0.2) is 0 Å². The van der Waals surface area contributed by atoms with E-state index < -0.39 is 6.04 Å². The third kappa shape index (κ3) is 10.7. The van der Waals surface area contributed by atoms with E-state index in [0.29, 0.717) is 25.9 Å². The number of rotatable bonds is 16. The molecule has 1 aromatic rings. The lowest BCUT2D eigenvalue weighted by molar-refractivity contribution is -0.130. The van der Waals surface area contributed by atoms with E-state index in [0.717, 1.165) is 44.1 Å². The van der Waals surface area contributed by atoms with E-state index in [-0.39, 0.29) is 23.9 Å². The third-order valence-corrected chi connectivity index (χ3v) is 5.22. The predicted molar refractivity (Wildman–Crippen MR) is 124 cm³/mol. The Hall–Kier alpha value is -1.92. The van der Waals surface area contributed by atoms with Crippen LogP contribution in [0, 0.1) is 0 Å². The lowest BCUT2D eigenvalue weighted by Crippen LogP contribution is -2.54. The smallest absolute Gasteiger partial charge is 0.242 e. The van der Waals surface area contributed by atoms with Gasteiger partial charge >= 0.3 is 0 Å². The summed E-state index contributed by atoms with van der Waals surface area (Å²) in [5, 5.41) is 9.45. The summed E-state index contributed by atoms with van der Waals surface area (Å²) in [6.45, 7) is 7.58. The highest BCUT2D eigenvalue weighted by Gasteiger charge is 2.26. The van der Waals surface area contributed by atoms with Crippen LogP contribution in [0.25, 0.3) is 0 Å². The highest BCUT2D eigenvalue weighted by Crippen LogP contribution is 2.08. The van der Waals surface area contributed by atoms with E-state index >= 15 is 0 Å². The van der Waals surface area contributed by atoms with Gasteiger partial charge < -0.3 is 21.7 Å². The van der Waals surface area contributed by atoms with Crippen molar-refractivity contribution in [3.63, 3.8) is 0 Å². The van der Waals surface area contributed by atoms with Crippen LogP contribution in [0.2, 0.25) is 0 Å². The normalized spacial score (nSPS) is 14.0. The third-order valence-electron chi connectivity index (χ3n) is 5.22. The molecule has 0 spiro atoms. The molecule has 1 rings (SSSR count). The summed E-state index contributed by atoms with van der Waals surface area (Å²) in [6, 6.07) is 9.16. The molecule has 0 radical (unpaired) electrons. The van der Waals surface area contributed by atoms with Gasteiger partial charge in [-0.05, 0) is 44.7 Å². The van der Waals surface area contributed by atoms with Crippen molar-refractivity contribution < 1.29 is 9.59 Å². The van der Waals surface area contributed by atoms with E-state index in [4.69, 9.17) is 5.73 Å². The van der Waals surface area contributed by atoms with Gasteiger partial charge in [0.05, 0.1) is 6.04 Å². The van der Waals surface area contributed by atoms with Crippen molar-refractivity contribution in [2.75, 3.05) is 13.1 Å². The number of hydrogen-bond donors (Lipinski definition) is 4. The van der Waals surface area contributed by atoms with Crippen LogP contribution >= 0.6 is 0 Å². The van der Waals surface area contributed by atoms with Crippen LogP contribution < -0.4 is 21.7 Å². The van der Waals surface area contributed by atoms with Gasteiger partial charge in [0.1, 0.15) is 6.04 Å². The molecule has 1 aromatic carbocycles. The zero-order chi connectivity index (χ0) is 22.2. The van der Waals surface area contributed by atoms with Crippen LogP contribution in [-0.2, 0) is 16.0 Å². The lowest BCUT2D eigenvalue weighted by Gasteiger charge is -2.26.